The van der Waals surface area contributed by atoms with Crippen molar-refractivity contribution in [3.05, 3.63) is 0 Å². The Hall–Kier alpha value is -0.190. The van der Waals surface area contributed by atoms with E-state index in [9.17, 15) is 5.11 Å². The van der Waals surface area contributed by atoms with E-state index >= 15 is 0 Å². The summed E-state index contributed by atoms with van der Waals surface area (Å²) in [6.45, 7) is 5.30. The Morgan fingerprint density at radius 1 is 0.870 bits per heavy atom. The van der Waals surface area contributed by atoms with E-state index in [1.807, 2.05) is 11.8 Å². The van der Waals surface area contributed by atoms with Crippen LogP contribution in [0.4, 0.5) is 0 Å². The maximum Gasteiger partial charge on any atom is 0.0945 e. The Balaban J connectivity index is 3.41. The predicted octanol–water partition coefficient (Wildman–Crippen LogP) is 4.69. The maximum absolute atomic E-state index is 9.52. The van der Waals surface area contributed by atoms with Crippen LogP contribution in [0.15, 0.2) is 0 Å². The molecular weight excluding hydrogens is 306 g/mol. The summed E-state index contributed by atoms with van der Waals surface area (Å²) in [5, 5.41) is 18.4. The molecule has 4 heteroatoms. The van der Waals surface area contributed by atoms with Gasteiger partial charge in [0.15, 0.2) is 0 Å². The molecule has 0 bridgehead atoms. The van der Waals surface area contributed by atoms with Crippen molar-refractivity contribution in [2.75, 3.05) is 19.7 Å². The molecule has 0 aromatic carbocycles. The van der Waals surface area contributed by atoms with E-state index in [1.54, 1.807) is 0 Å². The first kappa shape index (κ1) is 22.8. The molecule has 0 rings (SSSR count). The van der Waals surface area contributed by atoms with Crippen molar-refractivity contribution in [3.63, 3.8) is 0 Å². The van der Waals surface area contributed by atoms with E-state index in [1.165, 1.54) is 70.6 Å². The van der Waals surface area contributed by atoms with E-state index < -0.39 is 6.10 Å². The van der Waals surface area contributed by atoms with Gasteiger partial charge in [0, 0.05) is 13.1 Å². The maximum atomic E-state index is 9.52. The lowest BCUT2D eigenvalue weighted by atomic mass is 10.1. The molecule has 0 aliphatic carbocycles. The highest BCUT2D eigenvalue weighted by Crippen LogP contribution is 2.12. The van der Waals surface area contributed by atoms with E-state index in [0.29, 0.717) is 6.54 Å². The fourth-order valence-corrected chi connectivity index (χ4v) is 3.00. The summed E-state index contributed by atoms with van der Waals surface area (Å²) in [5.41, 5.74) is 0. The summed E-state index contributed by atoms with van der Waals surface area (Å²) < 4.78 is 0. The van der Waals surface area contributed by atoms with Gasteiger partial charge >= 0.3 is 0 Å². The van der Waals surface area contributed by atoms with Gasteiger partial charge in [-0.15, -0.1) is 0 Å². The summed E-state index contributed by atoms with van der Waals surface area (Å²) in [7, 11) is 0. The third-order valence-corrected chi connectivity index (χ3v) is 4.63. The Morgan fingerprint density at radius 3 is 1.70 bits per heavy atom. The van der Waals surface area contributed by atoms with Gasteiger partial charge in [0.05, 0.1) is 17.7 Å². The van der Waals surface area contributed by atoms with Crippen molar-refractivity contribution in [2.24, 2.45) is 0 Å². The highest BCUT2D eigenvalue weighted by atomic mass is 32.1. The average Bonchev–Trinajstić information content (AvgIpc) is 2.54. The van der Waals surface area contributed by atoms with E-state index in [-0.39, 0.29) is 6.61 Å². The zero-order chi connectivity index (χ0) is 17.3. The summed E-state index contributed by atoms with van der Waals surface area (Å²) in [6.07, 6.45) is 15.4. The van der Waals surface area contributed by atoms with Crippen LogP contribution in [-0.4, -0.2) is 45.9 Å². The molecule has 0 aromatic rings. The molecule has 0 aliphatic rings. The molecule has 3 nitrogen and oxygen atoms in total. The lowest BCUT2D eigenvalue weighted by molar-refractivity contribution is 0.0763. The number of nitrogens with zero attached hydrogens (tertiary/aromatic N) is 1. The Kier molecular flexibility index (Phi) is 16.5. The van der Waals surface area contributed by atoms with Crippen molar-refractivity contribution < 1.29 is 10.2 Å². The molecule has 0 aromatic heterocycles. The van der Waals surface area contributed by atoms with Crippen LogP contribution in [0.2, 0.25) is 0 Å². The van der Waals surface area contributed by atoms with Gasteiger partial charge in [-0.2, -0.15) is 0 Å². The number of thiocarbonyl (C=S) groups is 1. The molecule has 1 atom stereocenters. The monoisotopic (exact) mass is 345 g/mol. The molecule has 0 saturated heterocycles. The second-order valence-corrected chi connectivity index (χ2v) is 7.28. The Bertz CT molecular complexity index is 274. The quantitative estimate of drug-likeness (QED) is 0.315. The topological polar surface area (TPSA) is 43.7 Å². The normalized spacial score (nSPS) is 12.3. The number of hydrogen-bond acceptors (Lipinski definition) is 3. The minimum Gasteiger partial charge on any atom is -0.394 e. The number of rotatable bonds is 16. The summed E-state index contributed by atoms with van der Waals surface area (Å²) in [6, 6.07) is 0. The van der Waals surface area contributed by atoms with Crippen LogP contribution < -0.4 is 0 Å². The first-order chi connectivity index (χ1) is 11.1. The third kappa shape index (κ3) is 15.1. The SMILES string of the molecule is CCCCCCCCCCCCCCN(CC(O)CO)C(C)=S. The largest absolute Gasteiger partial charge is 0.394 e. The zero-order valence-corrected chi connectivity index (χ0v) is 16.3. The fraction of sp³-hybridized carbons (Fsp3) is 0.947. The van der Waals surface area contributed by atoms with Crippen LogP contribution in [0.25, 0.3) is 0 Å². The molecule has 0 heterocycles. The lowest BCUT2D eigenvalue weighted by Crippen LogP contribution is -2.37. The smallest absolute Gasteiger partial charge is 0.0945 e. The molecule has 0 spiro atoms. The summed E-state index contributed by atoms with van der Waals surface area (Å²) in [5.74, 6) is 0. The molecule has 0 saturated carbocycles. The second kappa shape index (κ2) is 16.7. The fourth-order valence-electron chi connectivity index (χ4n) is 2.83. The van der Waals surface area contributed by atoms with E-state index in [0.717, 1.165) is 18.0 Å². The number of hydrogen-bond donors (Lipinski definition) is 2. The van der Waals surface area contributed by atoms with Gasteiger partial charge in [-0.25, -0.2) is 0 Å². The number of aliphatic hydroxyl groups excluding tert-OH is 2. The van der Waals surface area contributed by atoms with Gasteiger partial charge in [-0.1, -0.05) is 89.8 Å². The third-order valence-electron chi connectivity index (χ3n) is 4.37. The predicted molar refractivity (Wildman–Crippen MR) is 104 cm³/mol. The Morgan fingerprint density at radius 2 is 1.30 bits per heavy atom. The number of aliphatic hydroxyl groups is 2. The molecule has 0 aliphatic heterocycles. The van der Waals surface area contributed by atoms with E-state index in [4.69, 9.17) is 17.3 Å². The van der Waals surface area contributed by atoms with Gasteiger partial charge in [-0.05, 0) is 13.3 Å². The van der Waals surface area contributed by atoms with Gasteiger partial charge in [0.2, 0.25) is 0 Å². The van der Waals surface area contributed by atoms with Crippen LogP contribution in [0.5, 0.6) is 0 Å². The van der Waals surface area contributed by atoms with E-state index in [2.05, 4.69) is 6.92 Å². The number of unbranched alkanes of at least 4 members (excludes halogenated alkanes) is 11. The molecule has 0 radical (unpaired) electrons. The second-order valence-electron chi connectivity index (χ2n) is 6.69. The molecule has 138 valence electrons. The summed E-state index contributed by atoms with van der Waals surface area (Å²) >= 11 is 5.20. The molecule has 0 fully saturated rings. The highest BCUT2D eigenvalue weighted by molar-refractivity contribution is 7.80. The van der Waals surface area contributed by atoms with Crippen molar-refractivity contribution in [1.29, 1.82) is 0 Å². The van der Waals surface area contributed by atoms with Crippen molar-refractivity contribution in [2.45, 2.75) is 97.0 Å². The summed E-state index contributed by atoms with van der Waals surface area (Å²) in [4.78, 5) is 2.81. The molecule has 2 N–H and O–H groups in total. The first-order valence-corrected chi connectivity index (χ1v) is 10.1. The first-order valence-electron chi connectivity index (χ1n) is 9.66. The van der Waals surface area contributed by atoms with Gasteiger partial charge < -0.3 is 15.1 Å². The highest BCUT2D eigenvalue weighted by Gasteiger charge is 2.10. The zero-order valence-electron chi connectivity index (χ0n) is 15.4. The lowest BCUT2D eigenvalue weighted by Gasteiger charge is -2.25. The van der Waals surface area contributed by atoms with Gasteiger partial charge in [0.1, 0.15) is 0 Å². The molecular formula is C19H39NO2S. The van der Waals surface area contributed by atoms with Crippen LogP contribution in [-0.2, 0) is 0 Å². The van der Waals surface area contributed by atoms with Crippen molar-refractivity contribution >= 4 is 17.2 Å². The van der Waals surface area contributed by atoms with Crippen LogP contribution in [0.3, 0.4) is 0 Å². The van der Waals surface area contributed by atoms with Gasteiger partial charge in [-0.3, -0.25) is 0 Å². The minimum absolute atomic E-state index is 0.197. The van der Waals surface area contributed by atoms with Crippen LogP contribution in [0, 0.1) is 0 Å². The standard InChI is InChI=1S/C19H39NO2S/c1-3-4-5-6-7-8-9-10-11-12-13-14-15-20(18(2)23)16-19(22)17-21/h19,21-22H,3-17H2,1-2H3. The van der Waals surface area contributed by atoms with Gasteiger partial charge in [0.25, 0.3) is 0 Å². The minimum atomic E-state index is -0.690. The van der Waals surface area contributed by atoms with Crippen LogP contribution in [0.1, 0.15) is 90.9 Å². The molecule has 1 unspecified atom stereocenters. The molecule has 23 heavy (non-hydrogen) atoms. The Labute approximate surface area is 149 Å². The molecule has 0 amide bonds. The van der Waals surface area contributed by atoms with Crippen LogP contribution >= 0.6 is 12.2 Å². The average molecular weight is 346 g/mol. The van der Waals surface area contributed by atoms with Crippen molar-refractivity contribution in [1.82, 2.24) is 4.90 Å². The van der Waals surface area contributed by atoms with Crippen molar-refractivity contribution in [3.8, 4) is 0 Å².